The van der Waals surface area contributed by atoms with Crippen LogP contribution in [0.25, 0.3) is 0 Å². The molecule has 1 fully saturated rings. The van der Waals surface area contributed by atoms with Crippen LogP contribution >= 0.6 is 0 Å². The number of benzene rings is 1. The van der Waals surface area contributed by atoms with Crippen LogP contribution in [0.3, 0.4) is 0 Å². The molecule has 3 heteroatoms. The minimum atomic E-state index is -0.592. The van der Waals surface area contributed by atoms with E-state index in [1.807, 2.05) is 45.0 Å². The van der Waals surface area contributed by atoms with Crippen LogP contribution in [0.4, 0.5) is 4.79 Å². The second-order valence-corrected chi connectivity index (χ2v) is 4.36. The first-order valence-corrected chi connectivity index (χ1v) is 4.95. The molecule has 0 amide bonds. The maximum absolute atomic E-state index is 11.1. The summed E-state index contributed by atoms with van der Waals surface area (Å²) in [6, 6.07) is 7.92. The molecule has 0 bridgehead atoms. The molecule has 0 aliphatic carbocycles. The van der Waals surface area contributed by atoms with Crippen LogP contribution in [-0.4, -0.2) is 11.8 Å². The van der Waals surface area contributed by atoms with E-state index in [-0.39, 0.29) is 6.10 Å². The normalized spacial score (nSPS) is 23.4. The first-order chi connectivity index (χ1) is 6.99. The molecule has 1 aromatic carbocycles. The molecule has 1 aliphatic heterocycles. The molecule has 80 valence electrons. The van der Waals surface area contributed by atoms with Gasteiger partial charge in [-0.25, -0.2) is 4.79 Å². The van der Waals surface area contributed by atoms with Crippen LogP contribution in [0.5, 0.6) is 0 Å². The molecular weight excluding hydrogens is 192 g/mol. The SMILES string of the molecule is Cc1ccc([C@H]2OC(=O)OC2(C)C)cc1. The van der Waals surface area contributed by atoms with Crippen molar-refractivity contribution in [1.29, 1.82) is 0 Å². The highest BCUT2D eigenvalue weighted by molar-refractivity contribution is 5.63. The molecule has 1 aliphatic rings. The van der Waals surface area contributed by atoms with Crippen molar-refractivity contribution in [3.05, 3.63) is 35.4 Å². The third-order valence-corrected chi connectivity index (χ3v) is 2.57. The standard InChI is InChI=1S/C12H14O3/c1-8-4-6-9(7-5-8)10-12(2,3)15-11(13)14-10/h4-7,10H,1-3H3/t10-/m1/s1. The van der Waals surface area contributed by atoms with Gasteiger partial charge in [0.25, 0.3) is 0 Å². The molecule has 0 N–H and O–H groups in total. The van der Waals surface area contributed by atoms with Crippen molar-refractivity contribution in [2.24, 2.45) is 0 Å². The molecule has 0 unspecified atom stereocenters. The first kappa shape index (κ1) is 10.0. The zero-order valence-electron chi connectivity index (χ0n) is 9.11. The molecule has 0 spiro atoms. The average Bonchev–Trinajstić information content (AvgIpc) is 2.41. The van der Waals surface area contributed by atoms with Gasteiger partial charge >= 0.3 is 6.16 Å². The van der Waals surface area contributed by atoms with Gasteiger partial charge in [0.1, 0.15) is 0 Å². The van der Waals surface area contributed by atoms with Crippen LogP contribution in [0.2, 0.25) is 0 Å². The first-order valence-electron chi connectivity index (χ1n) is 4.95. The fourth-order valence-corrected chi connectivity index (χ4v) is 1.74. The lowest BCUT2D eigenvalue weighted by Crippen LogP contribution is -2.26. The smallest absolute Gasteiger partial charge is 0.424 e. The van der Waals surface area contributed by atoms with Gasteiger partial charge in [-0.05, 0) is 26.3 Å². The van der Waals surface area contributed by atoms with Crippen molar-refractivity contribution in [2.45, 2.75) is 32.5 Å². The third-order valence-electron chi connectivity index (χ3n) is 2.57. The molecule has 0 saturated carbocycles. The van der Waals surface area contributed by atoms with E-state index < -0.39 is 11.8 Å². The summed E-state index contributed by atoms with van der Waals surface area (Å²) in [6.07, 6.45) is -0.906. The number of hydrogen-bond acceptors (Lipinski definition) is 3. The van der Waals surface area contributed by atoms with Crippen molar-refractivity contribution in [2.75, 3.05) is 0 Å². The van der Waals surface area contributed by atoms with E-state index in [0.29, 0.717) is 0 Å². The van der Waals surface area contributed by atoms with Crippen LogP contribution in [-0.2, 0) is 9.47 Å². The maximum atomic E-state index is 11.1. The molecular formula is C12H14O3. The lowest BCUT2D eigenvalue weighted by Gasteiger charge is -2.21. The van der Waals surface area contributed by atoms with Gasteiger partial charge in [-0.3, -0.25) is 0 Å². The predicted molar refractivity (Wildman–Crippen MR) is 55.6 cm³/mol. The Hall–Kier alpha value is -1.51. The Balaban J connectivity index is 2.31. The highest BCUT2D eigenvalue weighted by Gasteiger charge is 2.44. The van der Waals surface area contributed by atoms with E-state index in [1.54, 1.807) is 0 Å². The van der Waals surface area contributed by atoms with Gasteiger partial charge < -0.3 is 9.47 Å². The van der Waals surface area contributed by atoms with Crippen LogP contribution in [0.15, 0.2) is 24.3 Å². The highest BCUT2D eigenvalue weighted by Crippen LogP contribution is 2.38. The summed E-state index contributed by atoms with van der Waals surface area (Å²) in [5.41, 5.74) is 1.56. The number of hydrogen-bond donors (Lipinski definition) is 0. The summed E-state index contributed by atoms with van der Waals surface area (Å²) in [5.74, 6) is 0. The number of carbonyl (C=O) groups is 1. The molecule has 2 rings (SSSR count). The second kappa shape index (κ2) is 3.26. The number of carbonyl (C=O) groups excluding carboxylic acids is 1. The largest absolute Gasteiger partial charge is 0.509 e. The van der Waals surface area contributed by atoms with Gasteiger partial charge in [0.15, 0.2) is 11.7 Å². The summed E-state index contributed by atoms with van der Waals surface area (Å²) >= 11 is 0. The number of aryl methyl sites for hydroxylation is 1. The summed E-state index contributed by atoms with van der Waals surface area (Å²) < 4.78 is 10.2. The Morgan fingerprint density at radius 1 is 1.20 bits per heavy atom. The van der Waals surface area contributed by atoms with Crippen molar-refractivity contribution in [3.63, 3.8) is 0 Å². The molecule has 15 heavy (non-hydrogen) atoms. The zero-order chi connectivity index (χ0) is 11.1. The Morgan fingerprint density at radius 2 is 1.80 bits per heavy atom. The lowest BCUT2D eigenvalue weighted by molar-refractivity contribution is 0.0642. The quantitative estimate of drug-likeness (QED) is 0.662. The monoisotopic (exact) mass is 206 g/mol. The van der Waals surface area contributed by atoms with Crippen LogP contribution < -0.4 is 0 Å². The molecule has 3 nitrogen and oxygen atoms in total. The van der Waals surface area contributed by atoms with Gasteiger partial charge in [0.2, 0.25) is 0 Å². The molecule has 0 radical (unpaired) electrons. The summed E-state index contributed by atoms with van der Waals surface area (Å²) in [6.45, 7) is 5.72. The van der Waals surface area contributed by atoms with Crippen molar-refractivity contribution in [3.8, 4) is 0 Å². The van der Waals surface area contributed by atoms with Gasteiger partial charge in [-0.2, -0.15) is 0 Å². The van der Waals surface area contributed by atoms with Crippen molar-refractivity contribution < 1.29 is 14.3 Å². The topological polar surface area (TPSA) is 35.5 Å². The maximum Gasteiger partial charge on any atom is 0.509 e. The average molecular weight is 206 g/mol. The fourth-order valence-electron chi connectivity index (χ4n) is 1.74. The summed E-state index contributed by atoms with van der Waals surface area (Å²) in [5, 5.41) is 0. The number of rotatable bonds is 1. The Labute approximate surface area is 89.0 Å². The van der Waals surface area contributed by atoms with E-state index >= 15 is 0 Å². The molecule has 1 heterocycles. The van der Waals surface area contributed by atoms with Crippen molar-refractivity contribution in [1.82, 2.24) is 0 Å². The second-order valence-electron chi connectivity index (χ2n) is 4.36. The molecule has 1 atom stereocenters. The fraction of sp³-hybridized carbons (Fsp3) is 0.417. The van der Waals surface area contributed by atoms with Gasteiger partial charge in [-0.1, -0.05) is 29.8 Å². The van der Waals surface area contributed by atoms with E-state index in [0.717, 1.165) is 5.56 Å². The van der Waals surface area contributed by atoms with Crippen molar-refractivity contribution >= 4 is 6.16 Å². The lowest BCUT2D eigenvalue weighted by atomic mass is 9.94. The van der Waals surface area contributed by atoms with Gasteiger partial charge in [0.05, 0.1) is 0 Å². The van der Waals surface area contributed by atoms with E-state index in [9.17, 15) is 4.79 Å². The van der Waals surface area contributed by atoms with E-state index in [2.05, 4.69) is 0 Å². The molecule has 1 aromatic rings. The highest BCUT2D eigenvalue weighted by atomic mass is 16.8. The third kappa shape index (κ3) is 1.82. The number of cyclic esters (lactones) is 2. The predicted octanol–water partition coefficient (Wildman–Crippen LogP) is 2.98. The summed E-state index contributed by atoms with van der Waals surface area (Å²) in [7, 11) is 0. The van der Waals surface area contributed by atoms with Crippen LogP contribution in [0, 0.1) is 6.92 Å². The summed E-state index contributed by atoms with van der Waals surface area (Å²) in [4.78, 5) is 11.1. The van der Waals surface area contributed by atoms with Gasteiger partial charge in [0, 0.05) is 0 Å². The Morgan fingerprint density at radius 3 is 2.27 bits per heavy atom. The Kier molecular flexibility index (Phi) is 2.18. The minimum Gasteiger partial charge on any atom is -0.424 e. The van der Waals surface area contributed by atoms with Crippen LogP contribution in [0.1, 0.15) is 31.1 Å². The molecule has 0 aromatic heterocycles. The minimum absolute atomic E-state index is 0.314. The number of ether oxygens (including phenoxy) is 2. The van der Waals surface area contributed by atoms with Gasteiger partial charge in [-0.15, -0.1) is 0 Å². The zero-order valence-corrected chi connectivity index (χ0v) is 9.11. The van der Waals surface area contributed by atoms with E-state index in [1.165, 1.54) is 5.56 Å². The molecule has 1 saturated heterocycles. The Bertz CT molecular complexity index is 378. The van der Waals surface area contributed by atoms with E-state index in [4.69, 9.17) is 9.47 Å².